The van der Waals surface area contributed by atoms with E-state index in [1.165, 1.54) is 11.0 Å². The Morgan fingerprint density at radius 1 is 1.00 bits per heavy atom. The summed E-state index contributed by atoms with van der Waals surface area (Å²) in [4.78, 5) is 28.2. The van der Waals surface area contributed by atoms with Gasteiger partial charge in [-0.25, -0.2) is 9.18 Å². The Labute approximate surface area is 210 Å². The SMILES string of the molecule is CCOC(=O)C1=C(C)N(c2ccc(OCC)cc2)C(=O)/C1=C\c1cc(C)n(-c2ccccc2F)c1C. The first-order valence-corrected chi connectivity index (χ1v) is 11.9. The Kier molecular flexibility index (Phi) is 7.10. The van der Waals surface area contributed by atoms with Crippen molar-refractivity contribution in [2.75, 3.05) is 18.1 Å². The van der Waals surface area contributed by atoms with Crippen LogP contribution in [0.15, 0.2) is 71.4 Å². The molecule has 2 aromatic carbocycles. The lowest BCUT2D eigenvalue weighted by Crippen LogP contribution is -2.24. The van der Waals surface area contributed by atoms with Gasteiger partial charge in [-0.1, -0.05) is 12.1 Å². The number of allylic oxidation sites excluding steroid dienone is 1. The minimum atomic E-state index is -0.564. The van der Waals surface area contributed by atoms with Gasteiger partial charge in [-0.2, -0.15) is 0 Å². The lowest BCUT2D eigenvalue weighted by atomic mass is 10.0. The molecule has 0 aliphatic carbocycles. The van der Waals surface area contributed by atoms with E-state index in [0.717, 1.165) is 11.4 Å². The molecule has 0 bridgehead atoms. The van der Waals surface area contributed by atoms with Crippen molar-refractivity contribution >= 4 is 23.6 Å². The average molecular weight is 489 g/mol. The number of amides is 1. The number of hydrogen-bond acceptors (Lipinski definition) is 4. The van der Waals surface area contributed by atoms with E-state index < -0.39 is 5.97 Å². The minimum Gasteiger partial charge on any atom is -0.494 e. The van der Waals surface area contributed by atoms with Crippen molar-refractivity contribution in [3.63, 3.8) is 0 Å². The van der Waals surface area contributed by atoms with Crippen molar-refractivity contribution in [1.29, 1.82) is 0 Å². The van der Waals surface area contributed by atoms with Crippen LogP contribution in [-0.2, 0) is 14.3 Å². The molecule has 1 amide bonds. The van der Waals surface area contributed by atoms with Crippen molar-refractivity contribution < 1.29 is 23.5 Å². The number of nitrogens with zero attached hydrogens (tertiary/aromatic N) is 2. The van der Waals surface area contributed by atoms with E-state index in [0.29, 0.717) is 35.0 Å². The third-order valence-corrected chi connectivity index (χ3v) is 6.15. The summed E-state index contributed by atoms with van der Waals surface area (Å²) in [6.45, 7) is 9.79. The highest BCUT2D eigenvalue weighted by atomic mass is 19.1. The highest BCUT2D eigenvalue weighted by Gasteiger charge is 2.38. The van der Waals surface area contributed by atoms with Crippen LogP contribution >= 0.6 is 0 Å². The van der Waals surface area contributed by atoms with Crippen LogP contribution in [0.2, 0.25) is 0 Å². The number of aromatic nitrogens is 1. The maximum atomic E-state index is 14.6. The van der Waals surface area contributed by atoms with E-state index in [9.17, 15) is 14.0 Å². The van der Waals surface area contributed by atoms with E-state index in [1.807, 2.05) is 26.8 Å². The average Bonchev–Trinajstić information content (AvgIpc) is 3.26. The second-order valence-corrected chi connectivity index (χ2v) is 8.42. The molecule has 6 nitrogen and oxygen atoms in total. The molecule has 7 heteroatoms. The van der Waals surface area contributed by atoms with Crippen LogP contribution in [0.4, 0.5) is 10.1 Å². The normalized spacial score (nSPS) is 14.7. The number of anilines is 1. The van der Waals surface area contributed by atoms with E-state index in [2.05, 4.69) is 0 Å². The van der Waals surface area contributed by atoms with Gasteiger partial charge >= 0.3 is 5.97 Å². The molecule has 0 fully saturated rings. The smallest absolute Gasteiger partial charge is 0.340 e. The fourth-order valence-corrected chi connectivity index (χ4v) is 4.54. The van der Waals surface area contributed by atoms with Gasteiger partial charge in [0, 0.05) is 22.8 Å². The van der Waals surface area contributed by atoms with Gasteiger partial charge < -0.3 is 14.0 Å². The zero-order valence-electron chi connectivity index (χ0n) is 21.1. The predicted octanol–water partition coefficient (Wildman–Crippen LogP) is 5.90. The topological polar surface area (TPSA) is 60.8 Å². The molecular formula is C29H29FN2O4. The van der Waals surface area contributed by atoms with E-state index in [4.69, 9.17) is 9.47 Å². The minimum absolute atomic E-state index is 0.182. The lowest BCUT2D eigenvalue weighted by molar-refractivity contribution is -0.138. The Morgan fingerprint density at radius 2 is 1.69 bits per heavy atom. The molecule has 1 aromatic heterocycles. The standard InChI is InChI=1S/C29H29FN2O4/c1-6-35-23-14-12-22(13-15-23)32-20(5)27(29(34)36-7-2)24(28(32)33)17-21-16-18(3)31(19(21)4)26-11-9-8-10-25(26)30/h8-17H,6-7H2,1-5H3/b24-17-. The molecule has 186 valence electrons. The summed E-state index contributed by atoms with van der Waals surface area (Å²) >= 11 is 0. The number of ether oxygens (including phenoxy) is 2. The summed E-state index contributed by atoms with van der Waals surface area (Å²) in [6, 6.07) is 15.5. The summed E-state index contributed by atoms with van der Waals surface area (Å²) in [7, 11) is 0. The van der Waals surface area contributed by atoms with Crippen molar-refractivity contribution in [3.05, 3.63) is 94.2 Å². The van der Waals surface area contributed by atoms with Crippen molar-refractivity contribution in [3.8, 4) is 11.4 Å². The fraction of sp³-hybridized carbons (Fsp3) is 0.241. The third kappa shape index (κ3) is 4.44. The predicted molar refractivity (Wildman–Crippen MR) is 138 cm³/mol. The Hall–Kier alpha value is -4.13. The van der Waals surface area contributed by atoms with E-state index >= 15 is 0 Å². The zero-order chi connectivity index (χ0) is 26.0. The van der Waals surface area contributed by atoms with Crippen molar-refractivity contribution in [1.82, 2.24) is 4.57 Å². The Morgan fingerprint density at radius 3 is 2.33 bits per heavy atom. The zero-order valence-corrected chi connectivity index (χ0v) is 21.1. The number of carbonyl (C=O) groups excluding carboxylic acids is 2. The molecule has 1 aliphatic rings. The van der Waals surface area contributed by atoms with Gasteiger partial charge in [-0.15, -0.1) is 0 Å². The second-order valence-electron chi connectivity index (χ2n) is 8.42. The van der Waals surface area contributed by atoms with Crippen LogP contribution in [0.5, 0.6) is 5.75 Å². The quantitative estimate of drug-likeness (QED) is 0.307. The Balaban J connectivity index is 1.82. The molecule has 0 saturated heterocycles. The third-order valence-electron chi connectivity index (χ3n) is 6.15. The summed E-state index contributed by atoms with van der Waals surface area (Å²) in [5.74, 6) is -0.557. The van der Waals surface area contributed by atoms with Gasteiger partial charge in [-0.3, -0.25) is 9.69 Å². The number of esters is 1. The van der Waals surface area contributed by atoms with Crippen molar-refractivity contribution in [2.45, 2.75) is 34.6 Å². The van der Waals surface area contributed by atoms with E-state index in [-0.39, 0.29) is 29.5 Å². The Bertz CT molecular complexity index is 1380. The van der Waals surface area contributed by atoms with Crippen LogP contribution in [0.1, 0.15) is 37.7 Å². The number of rotatable bonds is 7. The molecule has 4 rings (SSSR count). The summed E-state index contributed by atoms with van der Waals surface area (Å²) in [5.41, 5.74) is 4.22. The van der Waals surface area contributed by atoms with Gasteiger partial charge in [0.25, 0.3) is 5.91 Å². The summed E-state index contributed by atoms with van der Waals surface area (Å²) < 4.78 is 27.2. The molecular weight excluding hydrogens is 459 g/mol. The number of hydrogen-bond donors (Lipinski definition) is 0. The number of aryl methyl sites for hydroxylation is 1. The van der Waals surface area contributed by atoms with E-state index in [1.54, 1.807) is 67.0 Å². The van der Waals surface area contributed by atoms with Gasteiger partial charge in [0.15, 0.2) is 0 Å². The second kappa shape index (κ2) is 10.2. The monoisotopic (exact) mass is 488 g/mol. The first kappa shape index (κ1) is 25.0. The van der Waals surface area contributed by atoms with Crippen LogP contribution in [0, 0.1) is 19.7 Å². The first-order chi connectivity index (χ1) is 17.3. The first-order valence-electron chi connectivity index (χ1n) is 11.9. The maximum absolute atomic E-state index is 14.6. The highest BCUT2D eigenvalue weighted by Crippen LogP contribution is 2.37. The largest absolute Gasteiger partial charge is 0.494 e. The highest BCUT2D eigenvalue weighted by molar-refractivity contribution is 6.23. The lowest BCUT2D eigenvalue weighted by Gasteiger charge is -2.18. The maximum Gasteiger partial charge on any atom is 0.340 e. The number of carbonyl (C=O) groups is 2. The molecule has 36 heavy (non-hydrogen) atoms. The molecule has 0 saturated carbocycles. The molecule has 0 unspecified atom stereocenters. The molecule has 3 aromatic rings. The van der Waals surface area contributed by atoms with Crippen LogP contribution in [0.3, 0.4) is 0 Å². The number of para-hydroxylation sites is 1. The number of halogens is 1. The van der Waals surface area contributed by atoms with Gasteiger partial charge in [0.05, 0.1) is 30.0 Å². The van der Waals surface area contributed by atoms with Gasteiger partial charge in [0.2, 0.25) is 0 Å². The van der Waals surface area contributed by atoms with Crippen LogP contribution in [-0.4, -0.2) is 29.7 Å². The van der Waals surface area contributed by atoms with Crippen LogP contribution < -0.4 is 9.64 Å². The molecule has 0 atom stereocenters. The molecule has 2 heterocycles. The molecule has 1 aliphatic heterocycles. The number of benzene rings is 2. The summed E-state index contributed by atoms with van der Waals surface area (Å²) in [6.07, 6.45) is 1.69. The van der Waals surface area contributed by atoms with Crippen LogP contribution in [0.25, 0.3) is 11.8 Å². The molecule has 0 N–H and O–H groups in total. The fourth-order valence-electron chi connectivity index (χ4n) is 4.54. The van der Waals surface area contributed by atoms with Crippen molar-refractivity contribution in [2.24, 2.45) is 0 Å². The van der Waals surface area contributed by atoms with Gasteiger partial charge in [-0.05, 0) is 88.7 Å². The molecule has 0 radical (unpaired) electrons. The summed E-state index contributed by atoms with van der Waals surface area (Å²) in [5, 5.41) is 0. The van der Waals surface area contributed by atoms with Gasteiger partial charge in [0.1, 0.15) is 11.6 Å². The molecule has 0 spiro atoms.